The van der Waals surface area contributed by atoms with Crippen LogP contribution in [0.2, 0.25) is 0 Å². The van der Waals surface area contributed by atoms with E-state index in [0.29, 0.717) is 23.3 Å². The third kappa shape index (κ3) is 4.06. The van der Waals surface area contributed by atoms with Crippen molar-refractivity contribution in [2.75, 3.05) is 29.4 Å². The number of anilines is 2. The van der Waals surface area contributed by atoms with Crippen LogP contribution in [0.5, 0.6) is 0 Å². The lowest BCUT2D eigenvalue weighted by Crippen LogP contribution is -2.52. The van der Waals surface area contributed by atoms with Crippen molar-refractivity contribution in [3.63, 3.8) is 0 Å². The zero-order chi connectivity index (χ0) is 22.1. The summed E-state index contributed by atoms with van der Waals surface area (Å²) in [6.45, 7) is 7.10. The highest BCUT2D eigenvalue weighted by Gasteiger charge is 2.25. The predicted molar refractivity (Wildman–Crippen MR) is 123 cm³/mol. The van der Waals surface area contributed by atoms with Gasteiger partial charge in [-0.05, 0) is 55.8 Å². The van der Waals surface area contributed by atoms with Crippen molar-refractivity contribution in [3.8, 4) is 22.8 Å². The smallest absolute Gasteiger partial charge is 0.259 e. The summed E-state index contributed by atoms with van der Waals surface area (Å²) < 4.78 is 18.8. The maximum absolute atomic E-state index is 13.5. The van der Waals surface area contributed by atoms with Gasteiger partial charge in [0.25, 0.3) is 5.89 Å². The molecule has 0 unspecified atom stereocenters. The topological polar surface area (TPSA) is 58.3 Å². The highest BCUT2D eigenvalue weighted by atomic mass is 19.1. The van der Waals surface area contributed by atoms with Crippen LogP contribution in [0.1, 0.15) is 12.5 Å². The largest absolute Gasteiger partial charge is 0.365 e. The number of nitrogens with zero attached hydrogens (tertiary/aromatic N) is 5. The van der Waals surface area contributed by atoms with Crippen molar-refractivity contribution in [2.24, 2.45) is 0 Å². The number of rotatable bonds is 4. The molecule has 1 atom stereocenters. The maximum atomic E-state index is 13.5. The van der Waals surface area contributed by atoms with Crippen LogP contribution in [0, 0.1) is 12.7 Å². The van der Waals surface area contributed by atoms with Gasteiger partial charge in [0.05, 0.1) is 5.56 Å². The Balaban J connectivity index is 1.28. The zero-order valence-electron chi connectivity index (χ0n) is 18.1. The standard InChI is InChI=1S/C25H24FN5O/c1-17-5-3-8-22(13-17)31-12-11-30(16-18(31)2)23-10-9-20(15-27-23)25-28-24(29-32-25)19-6-4-7-21(26)14-19/h3-10,13-15,18H,11-12,16H2,1-2H3/t18-/m1/s1. The van der Waals surface area contributed by atoms with Gasteiger partial charge in [-0.2, -0.15) is 4.98 Å². The van der Waals surface area contributed by atoms with Crippen molar-refractivity contribution in [3.05, 3.63) is 78.2 Å². The Hall–Kier alpha value is -3.74. The molecule has 0 bridgehead atoms. The number of benzene rings is 2. The van der Waals surface area contributed by atoms with Gasteiger partial charge in [-0.1, -0.05) is 29.4 Å². The summed E-state index contributed by atoms with van der Waals surface area (Å²) in [7, 11) is 0. The van der Waals surface area contributed by atoms with Gasteiger partial charge >= 0.3 is 0 Å². The number of pyridine rings is 1. The Bertz CT molecular complexity index is 1220. The van der Waals surface area contributed by atoms with Crippen LogP contribution in [0.3, 0.4) is 0 Å². The molecule has 32 heavy (non-hydrogen) atoms. The summed E-state index contributed by atoms with van der Waals surface area (Å²) in [5.74, 6) is 1.30. The fourth-order valence-corrected chi connectivity index (χ4v) is 4.14. The molecule has 0 radical (unpaired) electrons. The van der Waals surface area contributed by atoms with E-state index in [9.17, 15) is 4.39 Å². The fraction of sp³-hybridized carbons (Fsp3) is 0.240. The minimum absolute atomic E-state index is 0.336. The molecule has 5 rings (SSSR count). The van der Waals surface area contributed by atoms with Crippen LogP contribution in [-0.2, 0) is 0 Å². The summed E-state index contributed by atoms with van der Waals surface area (Å²) >= 11 is 0. The first-order valence-corrected chi connectivity index (χ1v) is 10.7. The molecule has 0 spiro atoms. The molecule has 3 heterocycles. The fourth-order valence-electron chi connectivity index (χ4n) is 4.14. The van der Waals surface area contributed by atoms with E-state index < -0.39 is 0 Å². The van der Waals surface area contributed by atoms with E-state index in [0.717, 1.165) is 31.0 Å². The molecule has 1 saturated heterocycles. The Labute approximate surface area is 186 Å². The summed E-state index contributed by atoms with van der Waals surface area (Å²) in [6, 6.07) is 19.1. The van der Waals surface area contributed by atoms with Crippen molar-refractivity contribution in [1.29, 1.82) is 0 Å². The normalized spacial score (nSPS) is 16.4. The number of halogens is 1. The molecule has 6 nitrogen and oxygen atoms in total. The van der Waals surface area contributed by atoms with E-state index >= 15 is 0 Å². The number of piperazine rings is 1. The summed E-state index contributed by atoms with van der Waals surface area (Å²) in [5, 5.41) is 3.97. The van der Waals surface area contributed by atoms with Crippen molar-refractivity contribution in [2.45, 2.75) is 19.9 Å². The summed E-state index contributed by atoms with van der Waals surface area (Å²) in [6.07, 6.45) is 1.75. The van der Waals surface area contributed by atoms with Crippen LogP contribution in [0.15, 0.2) is 71.4 Å². The highest BCUT2D eigenvalue weighted by molar-refractivity contribution is 5.60. The van der Waals surface area contributed by atoms with Crippen LogP contribution in [0.25, 0.3) is 22.8 Å². The number of hydrogen-bond donors (Lipinski definition) is 0. The molecule has 0 saturated carbocycles. The third-order valence-corrected chi connectivity index (χ3v) is 5.79. The molecule has 1 fully saturated rings. The SMILES string of the molecule is Cc1cccc(N2CCN(c3ccc(-c4nc(-c5cccc(F)c5)no4)cn3)C[C@H]2C)c1. The molecule has 1 aliphatic heterocycles. The molecule has 0 amide bonds. The van der Waals surface area contributed by atoms with Gasteiger partial charge in [0, 0.05) is 43.1 Å². The second kappa shape index (κ2) is 8.42. The first-order chi connectivity index (χ1) is 15.6. The zero-order valence-corrected chi connectivity index (χ0v) is 18.1. The van der Waals surface area contributed by atoms with E-state index in [2.05, 4.69) is 63.0 Å². The lowest BCUT2D eigenvalue weighted by atomic mass is 10.1. The van der Waals surface area contributed by atoms with Crippen LogP contribution < -0.4 is 9.80 Å². The Morgan fingerprint density at radius 3 is 2.62 bits per heavy atom. The van der Waals surface area contributed by atoms with Crippen LogP contribution in [-0.4, -0.2) is 40.8 Å². The van der Waals surface area contributed by atoms with Gasteiger partial charge in [-0.15, -0.1) is 0 Å². The first kappa shape index (κ1) is 20.2. The van der Waals surface area contributed by atoms with Crippen molar-refractivity contribution >= 4 is 11.5 Å². The average Bonchev–Trinajstić information content (AvgIpc) is 3.30. The summed E-state index contributed by atoms with van der Waals surface area (Å²) in [5.41, 5.74) is 3.85. The van der Waals surface area contributed by atoms with E-state index in [1.165, 1.54) is 23.4 Å². The predicted octanol–water partition coefficient (Wildman–Crippen LogP) is 4.96. The van der Waals surface area contributed by atoms with E-state index in [-0.39, 0.29) is 5.82 Å². The number of aryl methyl sites for hydroxylation is 1. The second-order valence-electron chi connectivity index (χ2n) is 8.17. The monoisotopic (exact) mass is 429 g/mol. The molecule has 0 N–H and O–H groups in total. The third-order valence-electron chi connectivity index (χ3n) is 5.79. The molecule has 2 aromatic heterocycles. The first-order valence-electron chi connectivity index (χ1n) is 10.7. The minimum atomic E-state index is -0.336. The van der Waals surface area contributed by atoms with E-state index in [1.807, 2.05) is 12.1 Å². The van der Waals surface area contributed by atoms with E-state index in [4.69, 9.17) is 4.52 Å². The van der Waals surface area contributed by atoms with Gasteiger partial charge in [0.1, 0.15) is 11.6 Å². The molecule has 4 aromatic rings. The molecular formula is C25H24FN5O. The Morgan fingerprint density at radius 1 is 1.00 bits per heavy atom. The van der Waals surface area contributed by atoms with Crippen LogP contribution in [0.4, 0.5) is 15.9 Å². The summed E-state index contributed by atoms with van der Waals surface area (Å²) in [4.78, 5) is 13.8. The van der Waals surface area contributed by atoms with Crippen molar-refractivity contribution in [1.82, 2.24) is 15.1 Å². The molecule has 2 aromatic carbocycles. The van der Waals surface area contributed by atoms with Gasteiger partial charge in [-0.3, -0.25) is 0 Å². The molecular weight excluding hydrogens is 405 g/mol. The molecule has 7 heteroatoms. The van der Waals surface area contributed by atoms with Crippen molar-refractivity contribution < 1.29 is 8.91 Å². The highest BCUT2D eigenvalue weighted by Crippen LogP contribution is 2.26. The van der Waals surface area contributed by atoms with Gasteiger partial charge < -0.3 is 14.3 Å². The van der Waals surface area contributed by atoms with Gasteiger partial charge in [0.2, 0.25) is 5.82 Å². The van der Waals surface area contributed by atoms with Gasteiger partial charge in [-0.25, -0.2) is 9.37 Å². The number of aromatic nitrogens is 3. The number of hydrogen-bond acceptors (Lipinski definition) is 6. The Kier molecular flexibility index (Phi) is 5.31. The average molecular weight is 429 g/mol. The molecule has 1 aliphatic rings. The lowest BCUT2D eigenvalue weighted by molar-refractivity contribution is 0.432. The quantitative estimate of drug-likeness (QED) is 0.457. The van der Waals surface area contributed by atoms with E-state index in [1.54, 1.807) is 18.3 Å². The minimum Gasteiger partial charge on any atom is -0.365 e. The molecule has 0 aliphatic carbocycles. The second-order valence-corrected chi connectivity index (χ2v) is 8.17. The maximum Gasteiger partial charge on any atom is 0.259 e. The molecule has 162 valence electrons. The lowest BCUT2D eigenvalue weighted by Gasteiger charge is -2.42. The van der Waals surface area contributed by atoms with Gasteiger partial charge in [0.15, 0.2) is 0 Å². The van der Waals surface area contributed by atoms with Crippen LogP contribution >= 0.6 is 0 Å². The Morgan fingerprint density at radius 2 is 1.88 bits per heavy atom.